The molecule has 0 aromatic carbocycles. The van der Waals surface area contributed by atoms with Crippen LogP contribution in [0.25, 0.3) is 11.0 Å². The lowest BCUT2D eigenvalue weighted by molar-refractivity contribution is -0.00134. The van der Waals surface area contributed by atoms with Gasteiger partial charge in [-0.2, -0.15) is 0 Å². The van der Waals surface area contributed by atoms with Crippen molar-refractivity contribution >= 4 is 27.6 Å². The van der Waals surface area contributed by atoms with E-state index in [0.29, 0.717) is 11.0 Å². The van der Waals surface area contributed by atoms with Gasteiger partial charge < -0.3 is 19.3 Å². The first-order valence-electron chi connectivity index (χ1n) is 7.51. The van der Waals surface area contributed by atoms with Gasteiger partial charge in [0.1, 0.15) is 30.8 Å². The molecule has 3 rings (SSSR count). The summed E-state index contributed by atoms with van der Waals surface area (Å²) in [4.78, 5) is 21.7. The van der Waals surface area contributed by atoms with Crippen molar-refractivity contribution in [1.29, 1.82) is 0 Å². The summed E-state index contributed by atoms with van der Waals surface area (Å²) in [5.74, 6) is 0.288. The van der Waals surface area contributed by atoms with E-state index in [1.165, 1.54) is 6.33 Å². The highest BCUT2D eigenvalue weighted by Gasteiger charge is 2.40. The van der Waals surface area contributed by atoms with Gasteiger partial charge in [-0.25, -0.2) is 4.98 Å². The minimum atomic E-state index is -2.22. The van der Waals surface area contributed by atoms with Crippen molar-refractivity contribution in [2.75, 3.05) is 19.7 Å². The van der Waals surface area contributed by atoms with E-state index in [0.717, 1.165) is 12.0 Å². The van der Waals surface area contributed by atoms with Crippen LogP contribution in [-0.2, 0) is 9.30 Å². The monoisotopic (exact) mass is 356 g/mol. The topological polar surface area (TPSA) is 91.1 Å². The summed E-state index contributed by atoms with van der Waals surface area (Å²) in [7, 11) is 0.491. The second kappa shape index (κ2) is 6.14. The number of hydrogen-bond acceptors (Lipinski definition) is 5. The third-order valence-corrected chi connectivity index (χ3v) is 5.57. The van der Waals surface area contributed by atoms with Crippen LogP contribution in [0, 0.1) is 5.92 Å². The fraction of sp³-hybridized carbons (Fsp3) is 0.571. The summed E-state index contributed by atoms with van der Waals surface area (Å²) < 4.78 is 19.9. The van der Waals surface area contributed by atoms with E-state index in [9.17, 15) is 9.36 Å². The molecule has 2 aromatic heterocycles. The quantitative estimate of drug-likeness (QED) is 0.821. The van der Waals surface area contributed by atoms with Crippen LogP contribution in [0.5, 0.6) is 0 Å². The minimum Gasteiger partial charge on any atom is -0.355 e. The molecule has 4 atom stereocenters. The second-order valence-electron chi connectivity index (χ2n) is 6.64. The molecule has 7 nitrogen and oxygen atoms in total. The number of aromatic amines is 2. The SMILES string of the molecule is C[C@H]1C[C@H](c2c[nH]c3c(=O)[nH]cnc23)N(P)[C@@H]1OCP(C)(C)=O. The van der Waals surface area contributed by atoms with Crippen molar-refractivity contribution < 1.29 is 9.30 Å². The summed E-state index contributed by atoms with van der Waals surface area (Å²) >= 11 is 0. The molecule has 9 heteroatoms. The van der Waals surface area contributed by atoms with Crippen molar-refractivity contribution in [3.8, 4) is 0 Å². The van der Waals surface area contributed by atoms with Crippen molar-refractivity contribution in [2.45, 2.75) is 25.6 Å². The van der Waals surface area contributed by atoms with Crippen LogP contribution in [0.2, 0.25) is 0 Å². The molecule has 0 aliphatic carbocycles. The Morgan fingerprint density at radius 2 is 2.22 bits per heavy atom. The lowest BCUT2D eigenvalue weighted by Crippen LogP contribution is -2.28. The van der Waals surface area contributed by atoms with Crippen LogP contribution in [0.4, 0.5) is 0 Å². The first-order valence-corrected chi connectivity index (χ1v) is 10.8. The van der Waals surface area contributed by atoms with Crippen LogP contribution in [0.15, 0.2) is 17.3 Å². The number of hydrogen-bond donors (Lipinski definition) is 2. The lowest BCUT2D eigenvalue weighted by Gasteiger charge is -2.27. The van der Waals surface area contributed by atoms with Crippen LogP contribution >= 0.6 is 16.5 Å². The molecule has 1 unspecified atom stereocenters. The van der Waals surface area contributed by atoms with E-state index in [2.05, 4.69) is 35.9 Å². The molecule has 1 aliphatic heterocycles. The Labute approximate surface area is 136 Å². The minimum absolute atomic E-state index is 0.0798. The van der Waals surface area contributed by atoms with Gasteiger partial charge >= 0.3 is 0 Å². The Kier molecular flexibility index (Phi) is 4.49. The second-order valence-corrected chi connectivity index (χ2v) is 10.6. The normalized spacial score (nSPS) is 26.2. The molecule has 2 aromatic rings. The number of nitrogens with zero attached hydrogens (tertiary/aromatic N) is 2. The highest BCUT2D eigenvalue weighted by atomic mass is 31.2. The Morgan fingerprint density at radius 3 is 2.91 bits per heavy atom. The molecule has 0 spiro atoms. The zero-order chi connectivity index (χ0) is 16.8. The van der Waals surface area contributed by atoms with Crippen molar-refractivity contribution in [3.63, 3.8) is 0 Å². The van der Waals surface area contributed by atoms with Gasteiger partial charge in [-0.3, -0.25) is 9.46 Å². The van der Waals surface area contributed by atoms with Gasteiger partial charge in [0.25, 0.3) is 5.56 Å². The average Bonchev–Trinajstić information content (AvgIpc) is 2.99. The predicted octanol–water partition coefficient (Wildman–Crippen LogP) is 2.35. The number of fused-ring (bicyclic) bond motifs is 1. The van der Waals surface area contributed by atoms with E-state index in [1.54, 1.807) is 13.3 Å². The number of rotatable bonds is 4. The molecule has 0 radical (unpaired) electrons. The maximum atomic E-state index is 11.9. The smallest absolute Gasteiger partial charge is 0.275 e. The summed E-state index contributed by atoms with van der Waals surface area (Å²) in [6, 6.07) is 0.0798. The molecule has 0 amide bonds. The fourth-order valence-electron chi connectivity index (χ4n) is 3.08. The van der Waals surface area contributed by atoms with Gasteiger partial charge in [0.15, 0.2) is 0 Å². The van der Waals surface area contributed by atoms with Crippen molar-refractivity contribution in [1.82, 2.24) is 19.6 Å². The van der Waals surface area contributed by atoms with E-state index in [1.807, 2.05) is 6.20 Å². The Bertz CT molecular complexity index is 812. The third kappa shape index (κ3) is 3.29. The standard InChI is InChI=1S/C14H22N4O3P2/c1-8-4-10(18(22)14(8)21-7-23(2,3)20)9-5-15-12-11(9)16-6-17-13(12)19/h5-6,8,10,14-15H,4,7,22H2,1-3H3,(H,16,17,19)/t8-,10+,14+/m0/s1. The molecule has 2 N–H and O–H groups in total. The molecule has 1 fully saturated rings. The predicted molar refractivity (Wildman–Crippen MR) is 94.0 cm³/mol. The van der Waals surface area contributed by atoms with Gasteiger partial charge in [0.05, 0.1) is 6.33 Å². The van der Waals surface area contributed by atoms with E-state index in [-0.39, 0.29) is 30.1 Å². The zero-order valence-corrected chi connectivity index (χ0v) is 15.5. The molecule has 0 bridgehead atoms. The Morgan fingerprint density at radius 1 is 1.48 bits per heavy atom. The van der Waals surface area contributed by atoms with Gasteiger partial charge in [0, 0.05) is 17.8 Å². The maximum absolute atomic E-state index is 11.9. The lowest BCUT2D eigenvalue weighted by atomic mass is 10.0. The molecule has 1 saturated heterocycles. The Hall–Kier alpha value is -1.00. The van der Waals surface area contributed by atoms with Crippen LogP contribution < -0.4 is 5.56 Å². The van der Waals surface area contributed by atoms with Gasteiger partial charge in [0.2, 0.25) is 0 Å². The third-order valence-electron chi connectivity index (χ3n) is 4.15. The first kappa shape index (κ1) is 16.8. The molecule has 23 heavy (non-hydrogen) atoms. The van der Waals surface area contributed by atoms with Crippen LogP contribution in [-0.4, -0.2) is 45.5 Å². The largest absolute Gasteiger partial charge is 0.355 e. The van der Waals surface area contributed by atoms with E-state index < -0.39 is 7.14 Å². The molecular weight excluding hydrogens is 334 g/mol. The number of aromatic nitrogens is 3. The molecule has 3 heterocycles. The van der Waals surface area contributed by atoms with Gasteiger partial charge in [-0.05, 0) is 25.7 Å². The highest BCUT2D eigenvalue weighted by molar-refractivity contribution is 7.62. The van der Waals surface area contributed by atoms with Gasteiger partial charge in [-0.1, -0.05) is 16.3 Å². The summed E-state index contributed by atoms with van der Waals surface area (Å²) in [5.41, 5.74) is 1.99. The van der Waals surface area contributed by atoms with Crippen LogP contribution in [0.3, 0.4) is 0 Å². The number of nitrogens with one attached hydrogen (secondary N) is 2. The Balaban J connectivity index is 1.87. The van der Waals surface area contributed by atoms with Crippen LogP contribution in [0.1, 0.15) is 24.9 Å². The molecule has 1 aliphatic rings. The molecule has 0 saturated carbocycles. The molecular formula is C14H22N4O3P2. The zero-order valence-electron chi connectivity index (χ0n) is 13.4. The summed E-state index contributed by atoms with van der Waals surface area (Å²) in [6.45, 7) is 5.58. The average molecular weight is 356 g/mol. The number of H-pyrrole nitrogens is 2. The summed E-state index contributed by atoms with van der Waals surface area (Å²) in [5, 5.41) is 0. The van der Waals surface area contributed by atoms with Crippen molar-refractivity contribution in [2.24, 2.45) is 5.92 Å². The maximum Gasteiger partial charge on any atom is 0.275 e. The summed E-state index contributed by atoms with van der Waals surface area (Å²) in [6.07, 6.45) is 4.30. The fourth-order valence-corrected chi connectivity index (χ4v) is 4.25. The van der Waals surface area contributed by atoms with Crippen molar-refractivity contribution in [3.05, 3.63) is 28.4 Å². The number of ether oxygens (including phenoxy) is 1. The van der Waals surface area contributed by atoms with E-state index >= 15 is 0 Å². The first-order chi connectivity index (χ1) is 10.8. The van der Waals surface area contributed by atoms with Gasteiger partial charge in [-0.15, -0.1) is 0 Å². The molecule has 126 valence electrons. The van der Waals surface area contributed by atoms with E-state index in [4.69, 9.17) is 4.74 Å². The highest BCUT2D eigenvalue weighted by Crippen LogP contribution is 2.46.